The lowest BCUT2D eigenvalue weighted by Crippen LogP contribution is -2.13. The summed E-state index contributed by atoms with van der Waals surface area (Å²) in [6.45, 7) is 14.8. The zero-order valence-electron chi connectivity index (χ0n) is 21.3. The monoisotopic (exact) mass is 452 g/mol. The van der Waals surface area contributed by atoms with Gasteiger partial charge >= 0.3 is 8.60 Å². The lowest BCUT2D eigenvalue weighted by Gasteiger charge is -2.25. The summed E-state index contributed by atoms with van der Waals surface area (Å²) >= 11 is 0. The van der Waals surface area contributed by atoms with Crippen LogP contribution in [-0.4, -0.2) is 13.2 Å². The van der Waals surface area contributed by atoms with Gasteiger partial charge in [0.2, 0.25) is 0 Å². The molecule has 0 radical (unpaired) electrons. The molecular weight excluding hydrogens is 403 g/mol. The topological polar surface area (TPSA) is 27.7 Å². The van der Waals surface area contributed by atoms with Gasteiger partial charge in [0.25, 0.3) is 0 Å². The van der Waals surface area contributed by atoms with Crippen LogP contribution in [0.1, 0.15) is 123 Å². The highest BCUT2D eigenvalue weighted by Crippen LogP contribution is 2.44. The summed E-state index contributed by atoms with van der Waals surface area (Å²) in [4.78, 5) is 0. The third-order valence-corrected chi connectivity index (χ3v) is 6.64. The molecule has 0 heterocycles. The maximum atomic E-state index is 6.34. The molecule has 0 N–H and O–H groups in total. The van der Waals surface area contributed by atoms with E-state index >= 15 is 0 Å². The Balaban J connectivity index is 2.59. The van der Waals surface area contributed by atoms with E-state index < -0.39 is 8.60 Å². The highest BCUT2D eigenvalue weighted by atomic mass is 31.2. The van der Waals surface area contributed by atoms with Crippen LogP contribution < -0.4 is 4.52 Å². The number of hydrogen-bond acceptors (Lipinski definition) is 3. The van der Waals surface area contributed by atoms with E-state index in [-0.39, 0.29) is 5.41 Å². The Morgan fingerprint density at radius 3 is 1.68 bits per heavy atom. The number of unbranched alkanes of at least 4 members (excludes halogenated alkanes) is 10. The highest BCUT2D eigenvalue weighted by molar-refractivity contribution is 7.42. The van der Waals surface area contributed by atoms with Gasteiger partial charge in [-0.3, -0.25) is 0 Å². The molecule has 180 valence electrons. The first-order valence-corrected chi connectivity index (χ1v) is 13.8. The van der Waals surface area contributed by atoms with Gasteiger partial charge in [-0.25, -0.2) is 0 Å². The van der Waals surface area contributed by atoms with Crippen molar-refractivity contribution in [1.29, 1.82) is 0 Å². The molecule has 0 saturated carbocycles. The Morgan fingerprint density at radius 1 is 0.710 bits per heavy atom. The summed E-state index contributed by atoms with van der Waals surface area (Å²) < 4.78 is 18.6. The zero-order valence-corrected chi connectivity index (χ0v) is 22.2. The molecule has 0 aromatic heterocycles. The van der Waals surface area contributed by atoms with Crippen LogP contribution in [0.25, 0.3) is 0 Å². The third kappa shape index (κ3) is 13.5. The van der Waals surface area contributed by atoms with E-state index in [9.17, 15) is 0 Å². The number of hydrogen-bond donors (Lipinski definition) is 0. The summed E-state index contributed by atoms with van der Waals surface area (Å²) in [6, 6.07) is 6.41. The van der Waals surface area contributed by atoms with E-state index in [2.05, 4.69) is 59.7 Å². The molecule has 0 saturated heterocycles. The predicted molar refractivity (Wildman–Crippen MR) is 136 cm³/mol. The van der Waals surface area contributed by atoms with Gasteiger partial charge < -0.3 is 13.6 Å². The fourth-order valence-corrected chi connectivity index (χ4v) is 4.58. The van der Waals surface area contributed by atoms with Crippen molar-refractivity contribution in [2.45, 2.75) is 124 Å². The van der Waals surface area contributed by atoms with Gasteiger partial charge in [-0.05, 0) is 31.2 Å². The Bertz CT molecular complexity index is 550. The first-order valence-electron chi connectivity index (χ1n) is 12.7. The standard InChI is InChI=1S/C27H49O3P/c1-7-9-11-13-15-17-21-28-31(29-22-18-16-14-12-10-8-2)30-26-20-19-24(3)23-25(26)27(4,5)6/h19-20,23H,7-18,21-22H2,1-6H3. The van der Waals surface area contributed by atoms with Gasteiger partial charge in [-0.1, -0.05) is 117 Å². The summed E-state index contributed by atoms with van der Waals surface area (Å²) in [7, 11) is -1.37. The number of benzene rings is 1. The van der Waals surface area contributed by atoms with Crippen LogP contribution >= 0.6 is 8.60 Å². The second-order valence-electron chi connectivity index (χ2n) is 9.77. The molecular formula is C27H49O3P. The van der Waals surface area contributed by atoms with Crippen LogP contribution in [-0.2, 0) is 14.5 Å². The van der Waals surface area contributed by atoms with Crippen LogP contribution in [0.15, 0.2) is 18.2 Å². The van der Waals surface area contributed by atoms with Crippen molar-refractivity contribution in [3.63, 3.8) is 0 Å². The molecule has 0 aliphatic carbocycles. The molecule has 1 aromatic rings. The second kappa shape index (κ2) is 16.9. The minimum absolute atomic E-state index is 0.0148. The summed E-state index contributed by atoms with van der Waals surface area (Å²) in [5.74, 6) is 0.898. The van der Waals surface area contributed by atoms with Crippen LogP contribution in [0.4, 0.5) is 0 Å². The molecule has 0 atom stereocenters. The maximum absolute atomic E-state index is 6.34. The molecule has 3 nitrogen and oxygen atoms in total. The molecule has 0 spiro atoms. The van der Waals surface area contributed by atoms with Crippen molar-refractivity contribution in [2.24, 2.45) is 0 Å². The predicted octanol–water partition coefficient (Wildman–Crippen LogP) is 9.65. The van der Waals surface area contributed by atoms with Crippen LogP contribution in [0, 0.1) is 6.92 Å². The largest absolute Gasteiger partial charge is 0.426 e. The highest BCUT2D eigenvalue weighted by Gasteiger charge is 2.23. The molecule has 0 bridgehead atoms. The SMILES string of the molecule is CCCCCCCCOP(OCCCCCCCC)Oc1ccc(C)cc1C(C)(C)C. The van der Waals surface area contributed by atoms with Crippen molar-refractivity contribution in [1.82, 2.24) is 0 Å². The quantitative estimate of drug-likeness (QED) is 0.164. The summed E-state index contributed by atoms with van der Waals surface area (Å²) in [5, 5.41) is 0. The van der Waals surface area contributed by atoms with E-state index in [0.717, 1.165) is 18.6 Å². The lowest BCUT2D eigenvalue weighted by atomic mass is 9.85. The third-order valence-electron chi connectivity index (χ3n) is 5.51. The van der Waals surface area contributed by atoms with Crippen LogP contribution in [0.5, 0.6) is 5.75 Å². The van der Waals surface area contributed by atoms with E-state index in [1.165, 1.54) is 75.3 Å². The second-order valence-corrected chi connectivity index (χ2v) is 10.9. The van der Waals surface area contributed by atoms with Gasteiger partial charge in [0.05, 0.1) is 13.2 Å². The smallest absolute Gasteiger partial charge is 0.397 e. The number of aryl methyl sites for hydroxylation is 1. The van der Waals surface area contributed by atoms with Crippen LogP contribution in [0.3, 0.4) is 0 Å². The van der Waals surface area contributed by atoms with Crippen molar-refractivity contribution in [3.8, 4) is 5.75 Å². The summed E-state index contributed by atoms with van der Waals surface area (Å²) in [5.41, 5.74) is 2.48. The fourth-order valence-electron chi connectivity index (χ4n) is 3.52. The lowest BCUT2D eigenvalue weighted by molar-refractivity contribution is 0.198. The molecule has 0 unspecified atom stereocenters. The Hall–Kier alpha value is -0.630. The van der Waals surface area contributed by atoms with Crippen molar-refractivity contribution in [2.75, 3.05) is 13.2 Å². The Labute approximate surface area is 194 Å². The average molecular weight is 453 g/mol. The van der Waals surface area contributed by atoms with Gasteiger partial charge in [0.15, 0.2) is 0 Å². The molecule has 0 fully saturated rings. The van der Waals surface area contributed by atoms with E-state index in [0.29, 0.717) is 13.2 Å². The normalized spacial score (nSPS) is 12.0. The number of rotatable bonds is 18. The van der Waals surface area contributed by atoms with Crippen molar-refractivity contribution in [3.05, 3.63) is 29.3 Å². The van der Waals surface area contributed by atoms with E-state index in [4.69, 9.17) is 13.6 Å². The van der Waals surface area contributed by atoms with Gasteiger partial charge in [-0.15, -0.1) is 0 Å². The van der Waals surface area contributed by atoms with E-state index in [1.807, 2.05) is 0 Å². The molecule has 0 aliphatic rings. The first-order chi connectivity index (χ1) is 14.9. The molecule has 31 heavy (non-hydrogen) atoms. The zero-order chi connectivity index (χ0) is 23.0. The van der Waals surface area contributed by atoms with Crippen LogP contribution in [0.2, 0.25) is 0 Å². The molecule has 4 heteroatoms. The molecule has 0 aliphatic heterocycles. The minimum atomic E-state index is -1.37. The van der Waals surface area contributed by atoms with Crippen molar-refractivity contribution < 1.29 is 13.6 Å². The van der Waals surface area contributed by atoms with E-state index in [1.54, 1.807) is 0 Å². The van der Waals surface area contributed by atoms with Gasteiger partial charge in [0.1, 0.15) is 5.75 Å². The fraction of sp³-hybridized carbons (Fsp3) is 0.778. The Kier molecular flexibility index (Phi) is 15.5. The van der Waals surface area contributed by atoms with Crippen molar-refractivity contribution >= 4 is 8.60 Å². The van der Waals surface area contributed by atoms with Gasteiger partial charge in [0, 0.05) is 5.56 Å². The minimum Gasteiger partial charge on any atom is -0.426 e. The maximum Gasteiger partial charge on any atom is 0.397 e. The molecule has 1 rings (SSSR count). The Morgan fingerprint density at radius 2 is 1.19 bits per heavy atom. The molecule has 1 aromatic carbocycles. The average Bonchev–Trinajstić information content (AvgIpc) is 2.72. The molecule has 0 amide bonds. The first kappa shape index (κ1) is 28.4. The summed E-state index contributed by atoms with van der Waals surface area (Å²) in [6.07, 6.45) is 15.1. The van der Waals surface area contributed by atoms with Gasteiger partial charge in [-0.2, -0.15) is 0 Å².